The number of rotatable bonds is 5. The van der Waals surface area contributed by atoms with Crippen LogP contribution in [0.2, 0.25) is 15.1 Å². The van der Waals surface area contributed by atoms with E-state index in [9.17, 15) is 4.79 Å². The first-order valence-corrected chi connectivity index (χ1v) is 11.0. The molecule has 0 saturated carbocycles. The highest BCUT2D eigenvalue weighted by Gasteiger charge is 2.42. The van der Waals surface area contributed by atoms with Crippen molar-refractivity contribution in [3.8, 4) is 0 Å². The second kappa shape index (κ2) is 8.83. The Labute approximate surface area is 186 Å². The summed E-state index contributed by atoms with van der Waals surface area (Å²) in [5.74, 6) is 0.821. The maximum absolute atomic E-state index is 13.0. The lowest BCUT2D eigenvalue weighted by molar-refractivity contribution is 0.0774. The summed E-state index contributed by atoms with van der Waals surface area (Å²) in [7, 11) is 0. The number of amides is 1. The number of hydrogen-bond donors (Lipinski definition) is 1. The van der Waals surface area contributed by atoms with Gasteiger partial charge in [0, 0.05) is 32.2 Å². The highest BCUT2D eigenvalue weighted by molar-refractivity contribution is 6.46. The molecule has 4 rings (SSSR count). The van der Waals surface area contributed by atoms with E-state index in [-0.39, 0.29) is 17.0 Å². The van der Waals surface area contributed by atoms with Gasteiger partial charge in [0.05, 0.1) is 20.6 Å². The molecule has 3 atom stereocenters. The summed E-state index contributed by atoms with van der Waals surface area (Å²) in [5, 5.41) is 0.926. The third-order valence-corrected chi connectivity index (χ3v) is 7.21. The van der Waals surface area contributed by atoms with Crippen LogP contribution in [0.15, 0.2) is 42.5 Å². The van der Waals surface area contributed by atoms with Crippen molar-refractivity contribution in [3.05, 3.63) is 68.7 Å². The lowest BCUT2D eigenvalue weighted by Gasteiger charge is -2.23. The van der Waals surface area contributed by atoms with E-state index in [1.165, 1.54) is 5.56 Å². The van der Waals surface area contributed by atoms with Crippen molar-refractivity contribution in [2.24, 2.45) is 17.6 Å². The number of carbonyl (C=O) groups excluding carboxylic acids is 1. The molecule has 29 heavy (non-hydrogen) atoms. The lowest BCUT2D eigenvalue weighted by Crippen LogP contribution is -2.34. The Balaban J connectivity index is 1.32. The minimum atomic E-state index is -0.130. The maximum atomic E-state index is 13.0. The highest BCUT2D eigenvalue weighted by atomic mass is 35.5. The normalized spacial score (nSPS) is 22.7. The number of fused-ring (bicyclic) bond motifs is 1. The number of hydrogen-bond acceptors (Lipinski definition) is 3. The third kappa shape index (κ3) is 4.42. The zero-order chi connectivity index (χ0) is 20.5. The fourth-order valence-corrected chi connectivity index (χ4v) is 5.20. The Morgan fingerprint density at radius 3 is 2.24 bits per heavy atom. The Morgan fingerprint density at radius 1 is 0.966 bits per heavy atom. The van der Waals surface area contributed by atoms with Gasteiger partial charge in [0.15, 0.2) is 0 Å². The molecule has 2 heterocycles. The van der Waals surface area contributed by atoms with Gasteiger partial charge in [-0.25, -0.2) is 0 Å². The SMILES string of the molecule is N[C@@H](CCN1CC2CN(C(=O)c3c(Cl)ccc(Cl)c3Cl)CC2C1)c1ccccc1. The molecule has 2 saturated heterocycles. The molecule has 0 radical (unpaired) electrons. The smallest absolute Gasteiger partial charge is 0.256 e. The maximum Gasteiger partial charge on any atom is 0.256 e. The van der Waals surface area contributed by atoms with Gasteiger partial charge in [0.1, 0.15) is 0 Å². The minimum absolute atomic E-state index is 0.0572. The Kier molecular flexibility index (Phi) is 6.38. The molecule has 2 N–H and O–H groups in total. The molecule has 7 heteroatoms. The average molecular weight is 453 g/mol. The quantitative estimate of drug-likeness (QED) is 0.667. The van der Waals surface area contributed by atoms with Crippen molar-refractivity contribution in [1.82, 2.24) is 9.80 Å². The standard InChI is InChI=1S/C22H24Cl3N3O/c23-17-6-7-18(24)21(25)20(17)22(29)28-12-15-10-27(11-16(15)13-28)9-8-19(26)14-4-2-1-3-5-14/h1-7,15-16,19H,8-13,26H2/t15?,16?,19-/m0/s1. The van der Waals surface area contributed by atoms with Gasteiger partial charge in [-0.3, -0.25) is 4.79 Å². The second-order valence-electron chi connectivity index (χ2n) is 8.01. The molecule has 2 aliphatic rings. The first kappa shape index (κ1) is 21.0. The molecule has 0 bridgehead atoms. The van der Waals surface area contributed by atoms with Gasteiger partial charge in [-0.15, -0.1) is 0 Å². The van der Waals surface area contributed by atoms with E-state index in [0.29, 0.717) is 27.4 Å². The summed E-state index contributed by atoms with van der Waals surface area (Å²) in [6.07, 6.45) is 0.930. The largest absolute Gasteiger partial charge is 0.338 e. The van der Waals surface area contributed by atoms with Crippen LogP contribution in [0, 0.1) is 11.8 Å². The van der Waals surface area contributed by atoms with Crippen LogP contribution >= 0.6 is 34.8 Å². The van der Waals surface area contributed by atoms with Crippen LogP contribution in [0.1, 0.15) is 28.4 Å². The van der Waals surface area contributed by atoms with E-state index in [0.717, 1.165) is 39.1 Å². The van der Waals surface area contributed by atoms with E-state index in [2.05, 4.69) is 17.0 Å². The van der Waals surface area contributed by atoms with Gasteiger partial charge in [-0.2, -0.15) is 0 Å². The number of nitrogens with zero attached hydrogens (tertiary/aromatic N) is 2. The zero-order valence-corrected chi connectivity index (χ0v) is 18.3. The molecule has 0 aromatic heterocycles. The summed E-state index contributed by atoms with van der Waals surface area (Å²) in [6.45, 7) is 4.41. The highest BCUT2D eigenvalue weighted by Crippen LogP contribution is 2.36. The monoisotopic (exact) mass is 451 g/mol. The molecule has 2 aliphatic heterocycles. The van der Waals surface area contributed by atoms with Crippen LogP contribution in [-0.4, -0.2) is 48.4 Å². The molecule has 1 amide bonds. The van der Waals surface area contributed by atoms with Crippen LogP contribution in [0.5, 0.6) is 0 Å². The lowest BCUT2D eigenvalue weighted by atomic mass is 10.0. The van der Waals surface area contributed by atoms with Gasteiger partial charge in [-0.05, 0) is 42.5 Å². The van der Waals surface area contributed by atoms with Gasteiger partial charge >= 0.3 is 0 Å². The van der Waals surface area contributed by atoms with Gasteiger partial charge in [-0.1, -0.05) is 65.1 Å². The Bertz CT molecular complexity index is 878. The molecule has 2 aromatic carbocycles. The molecule has 2 fully saturated rings. The van der Waals surface area contributed by atoms with Crippen molar-refractivity contribution >= 4 is 40.7 Å². The van der Waals surface area contributed by atoms with Crippen LogP contribution in [-0.2, 0) is 0 Å². The van der Waals surface area contributed by atoms with Crippen molar-refractivity contribution < 1.29 is 4.79 Å². The van der Waals surface area contributed by atoms with Crippen LogP contribution in [0.4, 0.5) is 0 Å². The van der Waals surface area contributed by atoms with Gasteiger partial charge < -0.3 is 15.5 Å². The Hall–Kier alpha value is -1.30. The zero-order valence-electron chi connectivity index (χ0n) is 16.0. The number of likely N-dealkylation sites (tertiary alicyclic amines) is 2. The summed E-state index contributed by atoms with van der Waals surface area (Å²) in [5.41, 5.74) is 7.83. The van der Waals surface area contributed by atoms with Gasteiger partial charge in [0.25, 0.3) is 5.91 Å². The van der Waals surface area contributed by atoms with Crippen molar-refractivity contribution in [2.75, 3.05) is 32.7 Å². The number of halogens is 3. The predicted molar refractivity (Wildman–Crippen MR) is 119 cm³/mol. The van der Waals surface area contributed by atoms with Crippen molar-refractivity contribution in [1.29, 1.82) is 0 Å². The molecule has 0 spiro atoms. The van der Waals surface area contributed by atoms with E-state index in [1.807, 2.05) is 23.1 Å². The molecule has 2 unspecified atom stereocenters. The summed E-state index contributed by atoms with van der Waals surface area (Å²) in [6, 6.07) is 13.5. The second-order valence-corrected chi connectivity index (χ2v) is 9.21. The summed E-state index contributed by atoms with van der Waals surface area (Å²) < 4.78 is 0. The van der Waals surface area contributed by atoms with Crippen LogP contribution in [0.25, 0.3) is 0 Å². The topological polar surface area (TPSA) is 49.6 Å². The fourth-order valence-electron chi connectivity index (χ4n) is 4.51. The molecule has 2 aromatic rings. The van der Waals surface area contributed by atoms with Crippen molar-refractivity contribution in [3.63, 3.8) is 0 Å². The third-order valence-electron chi connectivity index (χ3n) is 6.09. The number of nitrogens with two attached hydrogens (primary N) is 1. The average Bonchev–Trinajstić information content (AvgIpc) is 3.28. The summed E-state index contributed by atoms with van der Waals surface area (Å²) >= 11 is 18.6. The molecular formula is C22H24Cl3N3O. The number of benzene rings is 2. The fraction of sp³-hybridized carbons (Fsp3) is 0.409. The van der Waals surface area contributed by atoms with Gasteiger partial charge in [0.2, 0.25) is 0 Å². The Morgan fingerprint density at radius 2 is 1.59 bits per heavy atom. The van der Waals surface area contributed by atoms with Crippen LogP contribution < -0.4 is 5.73 Å². The van der Waals surface area contributed by atoms with E-state index >= 15 is 0 Å². The van der Waals surface area contributed by atoms with Crippen LogP contribution in [0.3, 0.4) is 0 Å². The van der Waals surface area contributed by atoms with Crippen molar-refractivity contribution in [2.45, 2.75) is 12.5 Å². The molecule has 0 aliphatic carbocycles. The number of carbonyl (C=O) groups is 1. The summed E-state index contributed by atoms with van der Waals surface area (Å²) in [4.78, 5) is 17.3. The molecular weight excluding hydrogens is 429 g/mol. The minimum Gasteiger partial charge on any atom is -0.338 e. The molecule has 154 valence electrons. The molecule has 4 nitrogen and oxygen atoms in total. The first-order chi connectivity index (χ1) is 13.9. The first-order valence-electron chi connectivity index (χ1n) is 9.89. The van der Waals surface area contributed by atoms with E-state index < -0.39 is 0 Å². The predicted octanol–water partition coefficient (Wildman–Crippen LogP) is 4.74. The van der Waals surface area contributed by atoms with E-state index in [1.54, 1.807) is 12.1 Å². The van der Waals surface area contributed by atoms with E-state index in [4.69, 9.17) is 40.5 Å².